The zero-order chi connectivity index (χ0) is 15.6. The Bertz CT molecular complexity index is 704. The van der Waals surface area contributed by atoms with E-state index in [1.165, 1.54) is 6.07 Å². The number of aromatic carboxylic acids is 1. The Morgan fingerprint density at radius 1 is 1.24 bits per heavy atom. The Labute approximate surface area is 138 Å². The molecule has 3 nitrogen and oxygen atoms in total. The van der Waals surface area contributed by atoms with Crippen LogP contribution >= 0.6 is 31.9 Å². The fourth-order valence-electron chi connectivity index (χ4n) is 1.85. The van der Waals surface area contributed by atoms with Crippen molar-refractivity contribution in [2.24, 2.45) is 0 Å². The summed E-state index contributed by atoms with van der Waals surface area (Å²) in [6.45, 7) is 2.34. The van der Waals surface area contributed by atoms with Crippen LogP contribution in [-0.4, -0.2) is 11.1 Å². The molecule has 0 saturated heterocycles. The van der Waals surface area contributed by atoms with Crippen LogP contribution in [0.1, 0.15) is 21.5 Å². The molecule has 0 amide bonds. The van der Waals surface area contributed by atoms with E-state index in [2.05, 4.69) is 37.2 Å². The summed E-state index contributed by atoms with van der Waals surface area (Å²) in [6.07, 6.45) is 0. The lowest BCUT2D eigenvalue weighted by molar-refractivity contribution is 0.0697. The number of benzene rings is 2. The van der Waals surface area contributed by atoms with Crippen LogP contribution in [0.25, 0.3) is 0 Å². The highest BCUT2D eigenvalue weighted by Crippen LogP contribution is 2.25. The fourth-order valence-corrected chi connectivity index (χ4v) is 2.83. The van der Waals surface area contributed by atoms with Gasteiger partial charge in [0.05, 0.1) is 10.0 Å². The molecule has 0 radical (unpaired) electrons. The standard InChI is InChI=1S/C15H12Br2FNO2/c1-8-4-12(17)13(18)6-14(8)19-7-10-3-2-9(15(20)21)5-11(10)16/h2-6,19H,7H2,1H3,(H,20,21). The second-order valence-electron chi connectivity index (χ2n) is 4.55. The molecule has 0 saturated carbocycles. The van der Waals surface area contributed by atoms with Crippen molar-refractivity contribution < 1.29 is 14.3 Å². The van der Waals surface area contributed by atoms with Gasteiger partial charge in [-0.2, -0.15) is 0 Å². The molecular formula is C15H12Br2FNO2. The summed E-state index contributed by atoms with van der Waals surface area (Å²) >= 11 is 6.49. The highest BCUT2D eigenvalue weighted by Gasteiger charge is 2.08. The van der Waals surface area contributed by atoms with E-state index >= 15 is 0 Å². The molecule has 2 aromatic rings. The summed E-state index contributed by atoms with van der Waals surface area (Å²) in [6, 6.07) is 7.96. The van der Waals surface area contributed by atoms with Crippen LogP contribution in [0.5, 0.6) is 0 Å². The van der Waals surface area contributed by atoms with Gasteiger partial charge in [-0.15, -0.1) is 0 Å². The molecule has 0 aliphatic carbocycles. The van der Waals surface area contributed by atoms with Gasteiger partial charge in [-0.05, 0) is 58.2 Å². The van der Waals surface area contributed by atoms with Crippen LogP contribution in [0.4, 0.5) is 10.1 Å². The molecule has 0 bridgehead atoms. The molecule has 0 heterocycles. The fraction of sp³-hybridized carbons (Fsp3) is 0.133. The number of carbonyl (C=O) groups is 1. The Morgan fingerprint density at radius 2 is 1.95 bits per heavy atom. The highest BCUT2D eigenvalue weighted by molar-refractivity contribution is 9.10. The number of nitrogens with one attached hydrogen (secondary N) is 1. The SMILES string of the molecule is Cc1cc(Br)c(F)cc1NCc1ccc(C(=O)O)cc1Br. The molecule has 0 unspecified atom stereocenters. The van der Waals surface area contributed by atoms with E-state index < -0.39 is 5.97 Å². The van der Waals surface area contributed by atoms with Gasteiger partial charge in [0, 0.05) is 16.7 Å². The van der Waals surface area contributed by atoms with Crippen LogP contribution in [0.2, 0.25) is 0 Å². The number of hydrogen-bond donors (Lipinski definition) is 2. The number of anilines is 1. The quantitative estimate of drug-likeness (QED) is 0.739. The third-order valence-corrected chi connectivity index (χ3v) is 4.38. The van der Waals surface area contributed by atoms with Crippen molar-refractivity contribution in [2.45, 2.75) is 13.5 Å². The first-order valence-electron chi connectivity index (χ1n) is 6.09. The Morgan fingerprint density at radius 3 is 2.57 bits per heavy atom. The average molecular weight is 417 g/mol. The maximum absolute atomic E-state index is 13.5. The van der Waals surface area contributed by atoms with Crippen molar-refractivity contribution in [2.75, 3.05) is 5.32 Å². The number of carboxylic acid groups (broad SMARTS) is 1. The minimum Gasteiger partial charge on any atom is -0.478 e. The van der Waals surface area contributed by atoms with Gasteiger partial charge in [-0.25, -0.2) is 9.18 Å². The molecule has 2 aromatic carbocycles. The third-order valence-electron chi connectivity index (χ3n) is 3.04. The molecule has 21 heavy (non-hydrogen) atoms. The highest BCUT2D eigenvalue weighted by atomic mass is 79.9. The number of hydrogen-bond acceptors (Lipinski definition) is 2. The van der Waals surface area contributed by atoms with E-state index in [1.54, 1.807) is 24.3 Å². The number of rotatable bonds is 4. The molecule has 0 spiro atoms. The zero-order valence-electron chi connectivity index (χ0n) is 11.1. The molecule has 0 fully saturated rings. The normalized spacial score (nSPS) is 10.5. The molecule has 0 aromatic heterocycles. The molecule has 2 N–H and O–H groups in total. The Hall–Kier alpha value is -1.40. The van der Waals surface area contributed by atoms with Crippen LogP contribution in [0.3, 0.4) is 0 Å². The first-order chi connectivity index (χ1) is 9.88. The molecule has 110 valence electrons. The molecule has 0 atom stereocenters. The minimum absolute atomic E-state index is 0.219. The van der Waals surface area contributed by atoms with Gasteiger partial charge in [0.2, 0.25) is 0 Å². The molecule has 2 rings (SSSR count). The van der Waals surface area contributed by atoms with Gasteiger partial charge in [0.1, 0.15) is 5.82 Å². The summed E-state index contributed by atoms with van der Waals surface area (Å²) in [5, 5.41) is 12.1. The predicted molar refractivity (Wildman–Crippen MR) is 87.3 cm³/mol. The molecule has 0 aliphatic rings. The van der Waals surface area contributed by atoms with Crippen LogP contribution in [-0.2, 0) is 6.54 Å². The summed E-state index contributed by atoms with van der Waals surface area (Å²) in [4.78, 5) is 10.9. The van der Waals surface area contributed by atoms with Crippen LogP contribution in [0.15, 0.2) is 39.3 Å². The third kappa shape index (κ3) is 3.83. The Kier molecular flexibility index (Phi) is 5.00. The van der Waals surface area contributed by atoms with Crippen molar-refractivity contribution in [1.29, 1.82) is 0 Å². The Balaban J connectivity index is 2.17. The van der Waals surface area contributed by atoms with Crippen molar-refractivity contribution >= 4 is 43.5 Å². The van der Waals surface area contributed by atoms with E-state index in [4.69, 9.17) is 5.11 Å². The first-order valence-corrected chi connectivity index (χ1v) is 7.68. The second kappa shape index (κ2) is 6.58. The van der Waals surface area contributed by atoms with E-state index in [0.717, 1.165) is 11.1 Å². The molecular weight excluding hydrogens is 405 g/mol. The van der Waals surface area contributed by atoms with Crippen LogP contribution < -0.4 is 5.32 Å². The van der Waals surface area contributed by atoms with E-state index in [0.29, 0.717) is 21.2 Å². The smallest absolute Gasteiger partial charge is 0.335 e. The maximum atomic E-state index is 13.5. The summed E-state index contributed by atoms with van der Waals surface area (Å²) in [5.41, 5.74) is 2.73. The monoisotopic (exact) mass is 415 g/mol. The van der Waals surface area contributed by atoms with Gasteiger partial charge in [-0.3, -0.25) is 0 Å². The van der Waals surface area contributed by atoms with Gasteiger partial charge < -0.3 is 10.4 Å². The van der Waals surface area contributed by atoms with Gasteiger partial charge in [0.25, 0.3) is 0 Å². The lowest BCUT2D eigenvalue weighted by Gasteiger charge is -2.12. The number of carboxylic acids is 1. The maximum Gasteiger partial charge on any atom is 0.335 e. The summed E-state index contributed by atoms with van der Waals surface area (Å²) < 4.78 is 14.7. The predicted octanol–water partition coefficient (Wildman–Crippen LogP) is 4.97. The second-order valence-corrected chi connectivity index (χ2v) is 6.25. The average Bonchev–Trinajstić information content (AvgIpc) is 2.42. The lowest BCUT2D eigenvalue weighted by Crippen LogP contribution is -2.04. The van der Waals surface area contributed by atoms with Crippen molar-refractivity contribution in [3.63, 3.8) is 0 Å². The first kappa shape index (κ1) is 16.0. The largest absolute Gasteiger partial charge is 0.478 e. The van der Waals surface area contributed by atoms with Crippen LogP contribution in [0, 0.1) is 12.7 Å². The van der Waals surface area contributed by atoms with Gasteiger partial charge >= 0.3 is 5.97 Å². The van der Waals surface area contributed by atoms with Crippen molar-refractivity contribution in [3.8, 4) is 0 Å². The van der Waals surface area contributed by atoms with E-state index in [1.807, 2.05) is 6.92 Å². The summed E-state index contributed by atoms with van der Waals surface area (Å²) in [5.74, 6) is -1.30. The van der Waals surface area contributed by atoms with Crippen molar-refractivity contribution in [1.82, 2.24) is 0 Å². The molecule has 6 heteroatoms. The minimum atomic E-state index is -0.971. The van der Waals surface area contributed by atoms with E-state index in [-0.39, 0.29) is 11.4 Å². The lowest BCUT2D eigenvalue weighted by atomic mass is 10.1. The van der Waals surface area contributed by atoms with Gasteiger partial charge in [-0.1, -0.05) is 22.0 Å². The van der Waals surface area contributed by atoms with Gasteiger partial charge in [0.15, 0.2) is 0 Å². The zero-order valence-corrected chi connectivity index (χ0v) is 14.3. The van der Waals surface area contributed by atoms with E-state index in [9.17, 15) is 9.18 Å². The molecule has 0 aliphatic heterocycles. The topological polar surface area (TPSA) is 49.3 Å². The number of halogens is 3. The van der Waals surface area contributed by atoms with Crippen molar-refractivity contribution in [3.05, 3.63) is 61.8 Å². The number of aryl methyl sites for hydroxylation is 1. The summed E-state index contributed by atoms with van der Waals surface area (Å²) in [7, 11) is 0.